The quantitative estimate of drug-likeness (QED) is 0.578. The first-order chi connectivity index (χ1) is 7.58. The lowest BCUT2D eigenvalue weighted by molar-refractivity contribution is -0.136. The van der Waals surface area contributed by atoms with Crippen molar-refractivity contribution in [3.63, 3.8) is 0 Å². The van der Waals surface area contributed by atoms with Crippen molar-refractivity contribution < 1.29 is 9.53 Å². The molecule has 0 aliphatic heterocycles. The second-order valence-electron chi connectivity index (χ2n) is 3.68. The van der Waals surface area contributed by atoms with Crippen LogP contribution in [0.25, 0.3) is 0 Å². The maximum Gasteiger partial charge on any atom is 0.333 e. The Labute approximate surface area is 95.9 Å². The van der Waals surface area contributed by atoms with Crippen LogP contribution >= 0.6 is 0 Å². The summed E-state index contributed by atoms with van der Waals surface area (Å²) in [7, 11) is 1.40. The minimum absolute atomic E-state index is 0.260. The molecule has 0 saturated heterocycles. The van der Waals surface area contributed by atoms with E-state index in [1.54, 1.807) is 0 Å². The van der Waals surface area contributed by atoms with E-state index in [2.05, 4.69) is 5.10 Å². The van der Waals surface area contributed by atoms with Gasteiger partial charge in [0.15, 0.2) is 0 Å². The number of aromatic nitrogens is 2. The van der Waals surface area contributed by atoms with Gasteiger partial charge < -0.3 is 4.74 Å². The Bertz CT molecular complexity index is 405. The lowest BCUT2D eigenvalue weighted by Gasteiger charge is -2.03. The molecule has 0 amide bonds. The number of rotatable bonds is 4. The van der Waals surface area contributed by atoms with Gasteiger partial charge in [-0.2, -0.15) is 5.10 Å². The average Bonchev–Trinajstić information content (AvgIpc) is 2.58. The van der Waals surface area contributed by atoms with Crippen LogP contribution in [0.1, 0.15) is 24.7 Å². The molecule has 0 bridgehead atoms. The molecule has 0 aliphatic rings. The highest BCUT2D eigenvalue weighted by Gasteiger charge is 2.07. The number of allylic oxidation sites excluding steroid dienone is 1. The number of aryl methyl sites for hydroxylation is 2. The number of hydrogen-bond donors (Lipinski definition) is 0. The lowest BCUT2D eigenvalue weighted by Crippen LogP contribution is -2.07. The Morgan fingerprint density at radius 2 is 2.25 bits per heavy atom. The third kappa shape index (κ3) is 2.95. The summed E-state index contributed by atoms with van der Waals surface area (Å²) in [5.41, 5.74) is 2.77. The SMILES string of the molecule is CCC(=CCn1nc(C)cc1C)C(=O)OC. The van der Waals surface area contributed by atoms with E-state index in [-0.39, 0.29) is 5.97 Å². The maximum absolute atomic E-state index is 11.3. The molecule has 0 aromatic carbocycles. The molecule has 0 fully saturated rings. The molecular formula is C12H18N2O2. The van der Waals surface area contributed by atoms with Gasteiger partial charge in [0.2, 0.25) is 0 Å². The van der Waals surface area contributed by atoms with Crippen LogP contribution in [-0.4, -0.2) is 22.9 Å². The van der Waals surface area contributed by atoms with Crippen LogP contribution in [0.5, 0.6) is 0 Å². The zero-order valence-corrected chi connectivity index (χ0v) is 10.3. The van der Waals surface area contributed by atoms with Crippen LogP contribution in [0.15, 0.2) is 17.7 Å². The van der Waals surface area contributed by atoms with Crippen LogP contribution in [0.3, 0.4) is 0 Å². The van der Waals surface area contributed by atoms with Gasteiger partial charge >= 0.3 is 5.97 Å². The van der Waals surface area contributed by atoms with E-state index in [1.807, 2.05) is 37.6 Å². The minimum Gasteiger partial charge on any atom is -0.466 e. The normalized spacial score (nSPS) is 11.6. The molecule has 1 heterocycles. The maximum atomic E-state index is 11.3. The molecule has 1 aromatic rings. The monoisotopic (exact) mass is 222 g/mol. The Balaban J connectivity index is 2.77. The topological polar surface area (TPSA) is 44.1 Å². The second-order valence-corrected chi connectivity index (χ2v) is 3.68. The van der Waals surface area contributed by atoms with Gasteiger partial charge in [0, 0.05) is 11.3 Å². The standard InChI is InChI=1S/C12H18N2O2/c1-5-11(12(15)16-4)6-7-14-10(3)8-9(2)13-14/h6,8H,5,7H2,1-4H3. The number of esters is 1. The van der Waals surface area contributed by atoms with E-state index < -0.39 is 0 Å². The van der Waals surface area contributed by atoms with Gasteiger partial charge in [0.25, 0.3) is 0 Å². The number of carbonyl (C=O) groups is 1. The van der Waals surface area contributed by atoms with Gasteiger partial charge in [-0.15, -0.1) is 0 Å². The fourth-order valence-electron chi connectivity index (χ4n) is 1.56. The van der Waals surface area contributed by atoms with Crippen molar-refractivity contribution in [2.45, 2.75) is 33.7 Å². The molecule has 1 rings (SSSR count). The predicted molar refractivity (Wildman–Crippen MR) is 62.1 cm³/mol. The lowest BCUT2D eigenvalue weighted by atomic mass is 10.2. The summed E-state index contributed by atoms with van der Waals surface area (Å²) in [6, 6.07) is 2.01. The van der Waals surface area contributed by atoms with Gasteiger partial charge in [-0.1, -0.05) is 13.0 Å². The van der Waals surface area contributed by atoms with Crippen LogP contribution < -0.4 is 0 Å². The molecule has 4 heteroatoms. The summed E-state index contributed by atoms with van der Waals surface area (Å²) in [5.74, 6) is -0.260. The largest absolute Gasteiger partial charge is 0.466 e. The Morgan fingerprint density at radius 1 is 1.56 bits per heavy atom. The first-order valence-corrected chi connectivity index (χ1v) is 5.36. The van der Waals surface area contributed by atoms with Crippen LogP contribution in [-0.2, 0) is 16.1 Å². The number of methoxy groups -OCH3 is 1. The molecule has 16 heavy (non-hydrogen) atoms. The number of hydrogen-bond acceptors (Lipinski definition) is 3. The fourth-order valence-corrected chi connectivity index (χ4v) is 1.56. The molecular weight excluding hydrogens is 204 g/mol. The molecule has 0 saturated carbocycles. The molecule has 0 radical (unpaired) electrons. The molecule has 0 aliphatic carbocycles. The average molecular weight is 222 g/mol. The molecule has 0 spiro atoms. The summed E-state index contributed by atoms with van der Waals surface area (Å²) >= 11 is 0. The highest BCUT2D eigenvalue weighted by atomic mass is 16.5. The van der Waals surface area contributed by atoms with E-state index >= 15 is 0 Å². The highest BCUT2D eigenvalue weighted by Crippen LogP contribution is 2.06. The summed E-state index contributed by atoms with van der Waals surface area (Å²) in [4.78, 5) is 11.3. The predicted octanol–water partition coefficient (Wildman–Crippen LogP) is 2.01. The highest BCUT2D eigenvalue weighted by molar-refractivity contribution is 5.88. The molecule has 1 aromatic heterocycles. The van der Waals surface area contributed by atoms with Gasteiger partial charge in [-0.05, 0) is 26.3 Å². The Hall–Kier alpha value is -1.58. The van der Waals surface area contributed by atoms with Gasteiger partial charge in [0.1, 0.15) is 0 Å². The molecule has 4 nitrogen and oxygen atoms in total. The zero-order chi connectivity index (χ0) is 12.1. The fraction of sp³-hybridized carbons (Fsp3) is 0.500. The van der Waals surface area contributed by atoms with E-state index in [9.17, 15) is 4.79 Å². The van der Waals surface area contributed by atoms with E-state index in [1.165, 1.54) is 7.11 Å². The summed E-state index contributed by atoms with van der Waals surface area (Å²) in [6.07, 6.45) is 2.54. The van der Waals surface area contributed by atoms with Crippen molar-refractivity contribution >= 4 is 5.97 Å². The summed E-state index contributed by atoms with van der Waals surface area (Å²) in [6.45, 7) is 6.49. The first kappa shape index (κ1) is 12.5. The van der Waals surface area contributed by atoms with Crippen molar-refractivity contribution in [2.75, 3.05) is 7.11 Å². The van der Waals surface area contributed by atoms with Crippen molar-refractivity contribution in [2.24, 2.45) is 0 Å². The molecule has 0 unspecified atom stereocenters. The van der Waals surface area contributed by atoms with E-state index in [0.717, 1.165) is 11.4 Å². The van der Waals surface area contributed by atoms with Gasteiger partial charge in [-0.25, -0.2) is 4.79 Å². The van der Waals surface area contributed by atoms with Crippen LogP contribution in [0, 0.1) is 13.8 Å². The third-order valence-electron chi connectivity index (χ3n) is 2.44. The van der Waals surface area contributed by atoms with Gasteiger partial charge in [0.05, 0.1) is 19.3 Å². The van der Waals surface area contributed by atoms with E-state index in [0.29, 0.717) is 18.5 Å². The Morgan fingerprint density at radius 3 is 2.69 bits per heavy atom. The first-order valence-electron chi connectivity index (χ1n) is 5.36. The van der Waals surface area contributed by atoms with Crippen molar-refractivity contribution in [3.8, 4) is 0 Å². The van der Waals surface area contributed by atoms with Crippen LogP contribution in [0.4, 0.5) is 0 Å². The van der Waals surface area contributed by atoms with Crippen molar-refractivity contribution in [1.29, 1.82) is 0 Å². The number of nitrogens with zero attached hydrogens (tertiary/aromatic N) is 2. The van der Waals surface area contributed by atoms with Gasteiger partial charge in [-0.3, -0.25) is 4.68 Å². The summed E-state index contributed by atoms with van der Waals surface area (Å²) < 4.78 is 6.56. The molecule has 0 atom stereocenters. The Kier molecular flexibility index (Phi) is 4.28. The number of ether oxygens (including phenoxy) is 1. The van der Waals surface area contributed by atoms with Crippen molar-refractivity contribution in [3.05, 3.63) is 29.1 Å². The molecule has 0 N–H and O–H groups in total. The summed E-state index contributed by atoms with van der Waals surface area (Å²) in [5, 5.41) is 4.32. The minimum atomic E-state index is -0.260. The molecule has 88 valence electrons. The smallest absolute Gasteiger partial charge is 0.333 e. The number of carbonyl (C=O) groups excluding carboxylic acids is 1. The van der Waals surface area contributed by atoms with Crippen molar-refractivity contribution in [1.82, 2.24) is 9.78 Å². The second kappa shape index (κ2) is 5.49. The van der Waals surface area contributed by atoms with E-state index in [4.69, 9.17) is 4.74 Å². The third-order valence-corrected chi connectivity index (χ3v) is 2.44. The zero-order valence-electron chi connectivity index (χ0n) is 10.3. The van der Waals surface area contributed by atoms with Crippen LogP contribution in [0.2, 0.25) is 0 Å².